The van der Waals surface area contributed by atoms with Gasteiger partial charge < -0.3 is 4.74 Å². The van der Waals surface area contributed by atoms with Gasteiger partial charge in [0.1, 0.15) is 4.61 Å². The lowest BCUT2D eigenvalue weighted by atomic mass is 10.2. The summed E-state index contributed by atoms with van der Waals surface area (Å²) in [5.74, 6) is -0.553. The third-order valence-corrected chi connectivity index (χ3v) is 1.79. The maximum absolute atomic E-state index is 11.2. The molecule has 1 aromatic carbocycles. The van der Waals surface area contributed by atoms with E-state index < -0.39 is 10.9 Å². The van der Waals surface area contributed by atoms with Crippen LogP contribution in [0.15, 0.2) is 24.3 Å². The lowest BCUT2D eigenvalue weighted by Crippen LogP contribution is -2.03. The molecule has 0 fully saturated rings. The number of carbonyl (C=O) groups excluding carboxylic acids is 1. The maximum Gasteiger partial charge on any atom is 0.339 e. The van der Waals surface area contributed by atoms with E-state index in [-0.39, 0.29) is 15.9 Å². The van der Waals surface area contributed by atoms with Gasteiger partial charge in [-0.05, 0) is 28.7 Å². The molecule has 0 N–H and O–H groups in total. The summed E-state index contributed by atoms with van der Waals surface area (Å²) in [4.78, 5) is 21.0. The number of non-ortho nitro benzene ring substituents is 1. The highest BCUT2D eigenvalue weighted by Crippen LogP contribution is 2.13. The number of nitro groups is 1. The molecule has 0 aliphatic rings. The maximum atomic E-state index is 11.2. The summed E-state index contributed by atoms with van der Waals surface area (Å²) in [6.07, 6.45) is 0. The lowest BCUT2D eigenvalue weighted by molar-refractivity contribution is -0.384. The molecule has 0 heterocycles. The van der Waals surface area contributed by atoms with E-state index in [0.29, 0.717) is 0 Å². The van der Waals surface area contributed by atoms with Crippen molar-refractivity contribution in [1.29, 1.82) is 0 Å². The standard InChI is InChI=1S/C8H6INO4/c9-5-14-8(11)6-2-1-3-7(4-6)10(12)13/h1-4H,5H2. The highest BCUT2D eigenvalue weighted by atomic mass is 127. The Morgan fingerprint density at radius 2 is 2.29 bits per heavy atom. The van der Waals surface area contributed by atoms with Gasteiger partial charge in [-0.15, -0.1) is 0 Å². The summed E-state index contributed by atoms with van der Waals surface area (Å²) in [6.45, 7) is 0. The number of halogens is 1. The highest BCUT2D eigenvalue weighted by Gasteiger charge is 2.11. The predicted molar refractivity (Wildman–Crippen MR) is 57.4 cm³/mol. The fourth-order valence-electron chi connectivity index (χ4n) is 0.879. The second kappa shape index (κ2) is 4.89. The van der Waals surface area contributed by atoms with Crippen molar-refractivity contribution in [2.75, 3.05) is 4.61 Å². The minimum atomic E-state index is -0.555. The Morgan fingerprint density at radius 1 is 1.57 bits per heavy atom. The van der Waals surface area contributed by atoms with Crippen LogP contribution in [-0.2, 0) is 4.74 Å². The van der Waals surface area contributed by atoms with Crippen LogP contribution in [0.25, 0.3) is 0 Å². The monoisotopic (exact) mass is 307 g/mol. The van der Waals surface area contributed by atoms with E-state index in [1.165, 1.54) is 24.3 Å². The van der Waals surface area contributed by atoms with Crippen LogP contribution in [-0.4, -0.2) is 15.5 Å². The van der Waals surface area contributed by atoms with Gasteiger partial charge in [-0.25, -0.2) is 4.79 Å². The molecule has 6 heteroatoms. The third-order valence-electron chi connectivity index (χ3n) is 1.48. The first kappa shape index (κ1) is 10.9. The van der Waals surface area contributed by atoms with Crippen molar-refractivity contribution < 1.29 is 14.5 Å². The second-order valence-corrected chi connectivity index (χ2v) is 2.97. The minimum Gasteiger partial charge on any atom is -0.451 e. The fourth-order valence-corrected chi connectivity index (χ4v) is 1.16. The summed E-state index contributed by atoms with van der Waals surface area (Å²) in [7, 11) is 0. The average Bonchev–Trinajstić information content (AvgIpc) is 2.18. The van der Waals surface area contributed by atoms with E-state index in [2.05, 4.69) is 4.74 Å². The van der Waals surface area contributed by atoms with E-state index in [1.54, 1.807) is 0 Å². The molecule has 0 bridgehead atoms. The fraction of sp³-hybridized carbons (Fsp3) is 0.125. The van der Waals surface area contributed by atoms with E-state index in [9.17, 15) is 14.9 Å². The number of carbonyl (C=O) groups is 1. The number of nitro benzene ring substituents is 1. The summed E-state index contributed by atoms with van der Waals surface area (Å²) in [5, 5.41) is 10.4. The van der Waals surface area contributed by atoms with Gasteiger partial charge in [0, 0.05) is 12.1 Å². The molecule has 0 radical (unpaired) electrons. The number of ether oxygens (including phenoxy) is 1. The largest absolute Gasteiger partial charge is 0.451 e. The van der Waals surface area contributed by atoms with Gasteiger partial charge in [-0.1, -0.05) is 6.07 Å². The van der Waals surface area contributed by atoms with Crippen LogP contribution in [0.1, 0.15) is 10.4 Å². The Morgan fingerprint density at radius 3 is 2.86 bits per heavy atom. The quantitative estimate of drug-likeness (QED) is 0.282. The van der Waals surface area contributed by atoms with Gasteiger partial charge in [-0.3, -0.25) is 10.1 Å². The van der Waals surface area contributed by atoms with Crippen LogP contribution in [0, 0.1) is 10.1 Å². The first-order valence-corrected chi connectivity index (χ1v) is 5.15. The average molecular weight is 307 g/mol. The zero-order valence-electron chi connectivity index (χ0n) is 6.97. The van der Waals surface area contributed by atoms with Crippen LogP contribution in [0.2, 0.25) is 0 Å². The van der Waals surface area contributed by atoms with E-state index in [1.807, 2.05) is 22.6 Å². The number of esters is 1. The summed E-state index contributed by atoms with van der Waals surface area (Å²) in [6, 6.07) is 5.43. The molecule has 0 aliphatic heterocycles. The van der Waals surface area contributed by atoms with Crippen LogP contribution in [0.5, 0.6) is 0 Å². The van der Waals surface area contributed by atoms with E-state index >= 15 is 0 Å². The van der Waals surface area contributed by atoms with Gasteiger partial charge >= 0.3 is 5.97 Å². The Balaban J connectivity index is 2.93. The number of rotatable bonds is 3. The van der Waals surface area contributed by atoms with Crippen molar-refractivity contribution >= 4 is 34.2 Å². The molecule has 0 aromatic heterocycles. The van der Waals surface area contributed by atoms with Crippen LogP contribution < -0.4 is 0 Å². The second-order valence-electron chi connectivity index (χ2n) is 2.35. The number of hydrogen-bond donors (Lipinski definition) is 0. The number of hydrogen-bond acceptors (Lipinski definition) is 4. The molecular weight excluding hydrogens is 301 g/mol. The SMILES string of the molecule is O=C(OCI)c1cccc([N+](=O)[O-])c1. The lowest BCUT2D eigenvalue weighted by Gasteiger charge is -1.99. The number of benzene rings is 1. The third kappa shape index (κ3) is 2.66. The zero-order valence-corrected chi connectivity index (χ0v) is 9.13. The number of alkyl halides is 1. The van der Waals surface area contributed by atoms with Crippen LogP contribution in [0.4, 0.5) is 5.69 Å². The minimum absolute atomic E-state index is 0.118. The zero-order chi connectivity index (χ0) is 10.6. The summed E-state index contributed by atoms with van der Waals surface area (Å²) in [5.41, 5.74) is 0.0729. The van der Waals surface area contributed by atoms with E-state index in [0.717, 1.165) is 0 Å². The molecule has 5 nitrogen and oxygen atoms in total. The van der Waals surface area contributed by atoms with Gasteiger partial charge in [0.25, 0.3) is 5.69 Å². The Hall–Kier alpha value is -1.18. The van der Waals surface area contributed by atoms with Gasteiger partial charge in [-0.2, -0.15) is 0 Å². The smallest absolute Gasteiger partial charge is 0.339 e. The van der Waals surface area contributed by atoms with Gasteiger partial charge in [0.05, 0.1) is 10.5 Å². The first-order valence-electron chi connectivity index (χ1n) is 3.62. The normalized spacial score (nSPS) is 9.50. The summed E-state index contributed by atoms with van der Waals surface area (Å²) >= 11 is 1.87. The summed E-state index contributed by atoms with van der Waals surface area (Å²) < 4.78 is 4.91. The molecule has 0 saturated carbocycles. The molecule has 14 heavy (non-hydrogen) atoms. The first-order chi connectivity index (χ1) is 6.65. The molecule has 0 amide bonds. The molecule has 0 saturated heterocycles. The predicted octanol–water partition coefficient (Wildman–Crippen LogP) is 2.14. The number of nitrogens with zero attached hydrogens (tertiary/aromatic N) is 1. The molecule has 1 aromatic rings. The van der Waals surface area contributed by atoms with Crippen molar-refractivity contribution in [3.8, 4) is 0 Å². The van der Waals surface area contributed by atoms with E-state index in [4.69, 9.17) is 0 Å². The van der Waals surface area contributed by atoms with Crippen LogP contribution in [0.3, 0.4) is 0 Å². The molecule has 0 aliphatic carbocycles. The van der Waals surface area contributed by atoms with Crippen molar-refractivity contribution in [2.45, 2.75) is 0 Å². The van der Waals surface area contributed by atoms with Crippen molar-refractivity contribution in [2.24, 2.45) is 0 Å². The Labute approximate surface area is 93.4 Å². The molecule has 0 atom stereocenters. The topological polar surface area (TPSA) is 69.4 Å². The molecule has 0 unspecified atom stereocenters. The van der Waals surface area contributed by atoms with Crippen LogP contribution >= 0.6 is 22.6 Å². The van der Waals surface area contributed by atoms with Crippen molar-refractivity contribution in [1.82, 2.24) is 0 Å². The Bertz CT molecular complexity index is 366. The van der Waals surface area contributed by atoms with Crippen molar-refractivity contribution in [3.63, 3.8) is 0 Å². The molecule has 74 valence electrons. The molecule has 0 spiro atoms. The highest BCUT2D eigenvalue weighted by molar-refractivity contribution is 14.1. The van der Waals surface area contributed by atoms with Gasteiger partial charge in [0.2, 0.25) is 0 Å². The van der Waals surface area contributed by atoms with Gasteiger partial charge in [0.15, 0.2) is 0 Å². The Kier molecular flexibility index (Phi) is 3.81. The molecular formula is C8H6INO4. The molecule has 1 rings (SSSR count). The van der Waals surface area contributed by atoms with Crippen molar-refractivity contribution in [3.05, 3.63) is 39.9 Å².